The van der Waals surface area contributed by atoms with E-state index in [1.54, 1.807) is 18.0 Å². The summed E-state index contributed by atoms with van der Waals surface area (Å²) in [4.78, 5) is 12.9. The highest BCUT2D eigenvalue weighted by Crippen LogP contribution is 2.26. The van der Waals surface area contributed by atoms with Crippen molar-refractivity contribution in [1.82, 2.24) is 4.90 Å². The molecule has 1 aliphatic carbocycles. The van der Waals surface area contributed by atoms with Crippen LogP contribution in [0.2, 0.25) is 0 Å². The monoisotopic (exact) mass is 241 g/mol. The molecule has 1 heterocycles. The summed E-state index contributed by atoms with van der Waals surface area (Å²) in [5.41, 5.74) is 1.03. The number of amides is 1. The summed E-state index contributed by atoms with van der Waals surface area (Å²) < 4.78 is 18.0. The van der Waals surface area contributed by atoms with Crippen LogP contribution in [0.25, 0.3) is 0 Å². The van der Waals surface area contributed by atoms with Gasteiger partial charge >= 0.3 is 6.09 Å². The maximum atomic E-state index is 12.8. The summed E-state index contributed by atoms with van der Waals surface area (Å²) in [5.74, 6) is -0.0991. The number of allylic oxidation sites excluding steroid dienone is 3. The molecule has 0 aromatic rings. The molecule has 2 rings (SSSR count). The van der Waals surface area contributed by atoms with Gasteiger partial charge in [0.1, 0.15) is 11.9 Å². The van der Waals surface area contributed by atoms with Crippen LogP contribution in [0.5, 0.6) is 0 Å². The Morgan fingerprint density at radius 2 is 2.06 bits per heavy atom. The molecule has 1 fully saturated rings. The minimum absolute atomic E-state index is 0.0991. The van der Waals surface area contributed by atoms with Crippen LogP contribution in [0.3, 0.4) is 0 Å². The van der Waals surface area contributed by atoms with Gasteiger partial charge in [0, 0.05) is 26.4 Å². The fraction of sp³-hybridized carbons (Fsp3) is 0.615. The second-order valence-corrected chi connectivity index (χ2v) is 3.94. The number of cyclic esters (lactones) is 1. The van der Waals surface area contributed by atoms with E-state index in [0.29, 0.717) is 19.4 Å². The average molecular weight is 241 g/mol. The Kier molecular flexibility index (Phi) is 5.19. The standard InChI is InChI=1S/C11H14FNO2.C2H6/c1-13-7-6-10(15-11(13)14)8-2-4-9(12)5-3-8;1-2/h2,4,10H,3,5-7H2,1H3;1-2H3. The third-order valence-corrected chi connectivity index (χ3v) is 2.83. The Bertz CT molecular complexity index is 336. The number of carbonyl (C=O) groups is 1. The molecule has 2 aliphatic rings. The first-order valence-corrected chi connectivity index (χ1v) is 6.13. The molecule has 1 aliphatic heterocycles. The quantitative estimate of drug-likeness (QED) is 0.704. The molecule has 1 saturated heterocycles. The van der Waals surface area contributed by atoms with Crippen molar-refractivity contribution in [3.63, 3.8) is 0 Å². The molecule has 0 N–H and O–H groups in total. The molecule has 0 saturated carbocycles. The fourth-order valence-electron chi connectivity index (χ4n) is 1.83. The Labute approximate surface area is 102 Å². The minimum Gasteiger partial charge on any atom is -0.441 e. The molecule has 0 radical (unpaired) electrons. The van der Waals surface area contributed by atoms with Crippen LogP contribution in [0.15, 0.2) is 23.6 Å². The van der Waals surface area contributed by atoms with Crippen LogP contribution in [-0.2, 0) is 4.74 Å². The van der Waals surface area contributed by atoms with Crippen molar-refractivity contribution < 1.29 is 13.9 Å². The fourth-order valence-corrected chi connectivity index (χ4v) is 1.83. The molecule has 0 aromatic carbocycles. The van der Waals surface area contributed by atoms with Crippen molar-refractivity contribution in [1.29, 1.82) is 0 Å². The summed E-state index contributed by atoms with van der Waals surface area (Å²) in [6.45, 7) is 4.70. The van der Waals surface area contributed by atoms with Gasteiger partial charge in [0.15, 0.2) is 0 Å². The maximum absolute atomic E-state index is 12.8. The van der Waals surface area contributed by atoms with Gasteiger partial charge in [-0.1, -0.05) is 19.9 Å². The van der Waals surface area contributed by atoms with Crippen LogP contribution >= 0.6 is 0 Å². The van der Waals surface area contributed by atoms with E-state index in [9.17, 15) is 9.18 Å². The molecular weight excluding hydrogens is 221 g/mol. The molecule has 1 atom stereocenters. The zero-order valence-corrected chi connectivity index (χ0v) is 10.7. The Morgan fingerprint density at radius 1 is 1.35 bits per heavy atom. The lowest BCUT2D eigenvalue weighted by Gasteiger charge is -2.31. The van der Waals surface area contributed by atoms with Gasteiger partial charge in [0.25, 0.3) is 0 Å². The molecule has 1 amide bonds. The van der Waals surface area contributed by atoms with E-state index in [2.05, 4.69) is 0 Å². The molecule has 0 bridgehead atoms. The summed E-state index contributed by atoms with van der Waals surface area (Å²) in [7, 11) is 1.72. The Hall–Kier alpha value is -1.32. The second kappa shape index (κ2) is 6.42. The van der Waals surface area contributed by atoms with Crippen molar-refractivity contribution >= 4 is 6.09 Å². The zero-order chi connectivity index (χ0) is 12.8. The molecule has 0 aromatic heterocycles. The zero-order valence-electron chi connectivity index (χ0n) is 10.7. The Balaban J connectivity index is 0.000000686. The largest absolute Gasteiger partial charge is 0.441 e. The maximum Gasteiger partial charge on any atom is 0.410 e. The van der Waals surface area contributed by atoms with Crippen LogP contribution in [0.1, 0.15) is 33.1 Å². The van der Waals surface area contributed by atoms with Gasteiger partial charge in [-0.05, 0) is 18.1 Å². The van der Waals surface area contributed by atoms with Crippen molar-refractivity contribution in [3.8, 4) is 0 Å². The van der Waals surface area contributed by atoms with Gasteiger partial charge in [-0.15, -0.1) is 0 Å². The van der Waals surface area contributed by atoms with Crippen molar-refractivity contribution in [3.05, 3.63) is 23.6 Å². The van der Waals surface area contributed by atoms with Gasteiger partial charge in [-0.3, -0.25) is 0 Å². The van der Waals surface area contributed by atoms with Gasteiger partial charge < -0.3 is 9.64 Å². The van der Waals surface area contributed by atoms with Crippen molar-refractivity contribution in [2.75, 3.05) is 13.6 Å². The van der Waals surface area contributed by atoms with E-state index in [4.69, 9.17) is 4.74 Å². The highest BCUT2D eigenvalue weighted by molar-refractivity contribution is 5.68. The van der Waals surface area contributed by atoms with Crippen LogP contribution in [0, 0.1) is 0 Å². The first-order chi connectivity index (χ1) is 8.16. The SMILES string of the molecule is CC.CN1CCC(C2=CC=C(F)CC2)OC1=O. The number of rotatable bonds is 1. The number of halogens is 1. The molecule has 1 unspecified atom stereocenters. The van der Waals surface area contributed by atoms with Crippen LogP contribution in [0.4, 0.5) is 9.18 Å². The number of ether oxygens (including phenoxy) is 1. The summed E-state index contributed by atoms with van der Waals surface area (Å²) in [6, 6.07) is 0. The second-order valence-electron chi connectivity index (χ2n) is 3.94. The summed E-state index contributed by atoms with van der Waals surface area (Å²) in [6.07, 6.45) is 4.64. The molecule has 0 spiro atoms. The predicted molar refractivity (Wildman–Crippen MR) is 65.4 cm³/mol. The Morgan fingerprint density at radius 3 is 2.59 bits per heavy atom. The van der Waals surface area contributed by atoms with Crippen LogP contribution in [-0.4, -0.2) is 30.7 Å². The van der Waals surface area contributed by atoms with Crippen molar-refractivity contribution in [2.24, 2.45) is 0 Å². The first-order valence-electron chi connectivity index (χ1n) is 6.13. The highest BCUT2D eigenvalue weighted by Gasteiger charge is 2.27. The van der Waals surface area contributed by atoms with Gasteiger partial charge in [0.05, 0.1) is 0 Å². The van der Waals surface area contributed by atoms with E-state index in [0.717, 1.165) is 12.0 Å². The lowest BCUT2D eigenvalue weighted by Crippen LogP contribution is -2.40. The van der Waals surface area contributed by atoms with Gasteiger partial charge in [-0.2, -0.15) is 0 Å². The van der Waals surface area contributed by atoms with E-state index < -0.39 is 0 Å². The molecule has 96 valence electrons. The average Bonchev–Trinajstić information content (AvgIpc) is 2.36. The number of nitrogens with zero attached hydrogens (tertiary/aromatic N) is 1. The third-order valence-electron chi connectivity index (χ3n) is 2.83. The molecule has 3 nitrogen and oxygen atoms in total. The third kappa shape index (κ3) is 3.58. The topological polar surface area (TPSA) is 29.5 Å². The van der Waals surface area contributed by atoms with E-state index in [1.807, 2.05) is 13.8 Å². The summed E-state index contributed by atoms with van der Waals surface area (Å²) in [5, 5.41) is 0. The minimum atomic E-state index is -0.290. The van der Waals surface area contributed by atoms with Crippen LogP contribution < -0.4 is 0 Å². The van der Waals surface area contributed by atoms with E-state index >= 15 is 0 Å². The van der Waals surface area contributed by atoms with Gasteiger partial charge in [-0.25, -0.2) is 9.18 Å². The lowest BCUT2D eigenvalue weighted by atomic mass is 9.96. The van der Waals surface area contributed by atoms with E-state index in [-0.39, 0.29) is 18.0 Å². The molecule has 4 heteroatoms. The van der Waals surface area contributed by atoms with Crippen molar-refractivity contribution in [2.45, 2.75) is 39.2 Å². The normalized spacial score (nSPS) is 24.1. The number of hydrogen-bond acceptors (Lipinski definition) is 2. The first kappa shape index (κ1) is 13.7. The van der Waals surface area contributed by atoms with Gasteiger partial charge in [0.2, 0.25) is 0 Å². The highest BCUT2D eigenvalue weighted by atomic mass is 19.1. The number of carbonyl (C=O) groups excluding carboxylic acids is 1. The summed E-state index contributed by atoms with van der Waals surface area (Å²) >= 11 is 0. The number of hydrogen-bond donors (Lipinski definition) is 0. The smallest absolute Gasteiger partial charge is 0.410 e. The van der Waals surface area contributed by atoms with E-state index in [1.165, 1.54) is 6.08 Å². The predicted octanol–water partition coefficient (Wildman–Crippen LogP) is 3.43. The lowest BCUT2D eigenvalue weighted by molar-refractivity contribution is 0.0475. The molecule has 17 heavy (non-hydrogen) atoms. The molecular formula is C13H20FNO2.